The summed E-state index contributed by atoms with van der Waals surface area (Å²) in [6.07, 6.45) is 1.43. The summed E-state index contributed by atoms with van der Waals surface area (Å²) in [5, 5.41) is 9.96. The number of aromatic carboxylic acids is 1. The molecule has 6 nitrogen and oxygen atoms in total. The molecule has 0 fully saturated rings. The summed E-state index contributed by atoms with van der Waals surface area (Å²) < 4.78 is 11.7. The molecular weight excluding hydrogens is 344 g/mol. The van der Waals surface area contributed by atoms with Gasteiger partial charge in [0.1, 0.15) is 23.7 Å². The van der Waals surface area contributed by atoms with Crippen LogP contribution in [-0.4, -0.2) is 21.0 Å². The van der Waals surface area contributed by atoms with Crippen molar-refractivity contribution >= 4 is 16.9 Å². The van der Waals surface area contributed by atoms with Crippen molar-refractivity contribution in [3.63, 3.8) is 0 Å². The van der Waals surface area contributed by atoms with Crippen molar-refractivity contribution in [3.05, 3.63) is 77.8 Å². The second-order valence-corrected chi connectivity index (χ2v) is 6.04. The molecule has 0 unspecified atom stereocenters. The van der Waals surface area contributed by atoms with Crippen molar-refractivity contribution in [2.45, 2.75) is 13.5 Å². The summed E-state index contributed by atoms with van der Waals surface area (Å²) in [7, 11) is 0. The first-order chi connectivity index (χ1) is 13.1. The average molecular weight is 360 g/mol. The Balaban J connectivity index is 1.72. The molecule has 0 amide bonds. The molecule has 2 aromatic heterocycles. The predicted molar refractivity (Wildman–Crippen MR) is 99.7 cm³/mol. The van der Waals surface area contributed by atoms with Gasteiger partial charge in [-0.05, 0) is 36.8 Å². The van der Waals surface area contributed by atoms with Crippen molar-refractivity contribution in [1.29, 1.82) is 0 Å². The number of rotatable bonds is 5. The number of hydrogen-bond donors (Lipinski definition) is 1. The third-order valence-electron chi connectivity index (χ3n) is 4.18. The number of aromatic nitrogens is 2. The molecule has 0 aliphatic carbocycles. The van der Waals surface area contributed by atoms with E-state index < -0.39 is 5.97 Å². The Labute approximate surface area is 155 Å². The normalized spacial score (nSPS) is 10.9. The van der Waals surface area contributed by atoms with Gasteiger partial charge in [-0.25, -0.2) is 14.8 Å². The molecule has 2 heterocycles. The van der Waals surface area contributed by atoms with E-state index in [0.717, 1.165) is 10.9 Å². The summed E-state index contributed by atoms with van der Waals surface area (Å²) in [4.78, 5) is 19.6. The lowest BCUT2D eigenvalue weighted by atomic mass is 10.1. The van der Waals surface area contributed by atoms with Crippen molar-refractivity contribution in [3.8, 4) is 17.1 Å². The number of carbonyl (C=O) groups is 1. The second kappa shape index (κ2) is 6.92. The lowest BCUT2D eigenvalue weighted by Crippen LogP contribution is -2.02. The Kier molecular flexibility index (Phi) is 4.30. The summed E-state index contributed by atoms with van der Waals surface area (Å²) in [5.41, 5.74) is 2.33. The van der Waals surface area contributed by atoms with Crippen LogP contribution < -0.4 is 4.74 Å². The molecule has 0 aliphatic rings. The molecule has 0 radical (unpaired) electrons. The highest BCUT2D eigenvalue weighted by Crippen LogP contribution is 2.35. The predicted octanol–water partition coefficient (Wildman–Crippen LogP) is 4.48. The van der Waals surface area contributed by atoms with Crippen LogP contribution in [0.3, 0.4) is 0 Å². The number of fused-ring (bicyclic) bond motifs is 1. The average Bonchev–Trinajstić information content (AvgIpc) is 3.02. The Morgan fingerprint density at radius 3 is 2.74 bits per heavy atom. The van der Waals surface area contributed by atoms with Crippen molar-refractivity contribution in [2.75, 3.05) is 0 Å². The lowest BCUT2D eigenvalue weighted by molar-refractivity contribution is 0.0690. The first kappa shape index (κ1) is 16.8. The number of furan rings is 1. The fourth-order valence-electron chi connectivity index (χ4n) is 2.91. The SMILES string of the molecule is Cc1oc2ccc(OCc3ccccc3)cc2c1-c1nccc(C(=O)O)n1. The van der Waals surface area contributed by atoms with Crippen LogP contribution in [0.15, 0.2) is 65.2 Å². The lowest BCUT2D eigenvalue weighted by Gasteiger charge is -2.06. The molecule has 0 atom stereocenters. The van der Waals surface area contributed by atoms with Crippen LogP contribution in [0.1, 0.15) is 21.8 Å². The number of hydrogen-bond acceptors (Lipinski definition) is 5. The molecule has 4 aromatic rings. The Hall–Kier alpha value is -3.67. The minimum absolute atomic E-state index is 0.0646. The maximum absolute atomic E-state index is 11.2. The highest BCUT2D eigenvalue weighted by atomic mass is 16.5. The molecule has 1 N–H and O–H groups in total. The van der Waals surface area contributed by atoms with Crippen LogP contribution in [-0.2, 0) is 6.61 Å². The van der Waals surface area contributed by atoms with Gasteiger partial charge >= 0.3 is 5.97 Å². The maximum Gasteiger partial charge on any atom is 0.354 e. The third-order valence-corrected chi connectivity index (χ3v) is 4.18. The summed E-state index contributed by atoms with van der Waals surface area (Å²) in [6.45, 7) is 2.25. The molecule has 0 saturated carbocycles. The second-order valence-electron chi connectivity index (χ2n) is 6.04. The minimum Gasteiger partial charge on any atom is -0.489 e. The molecule has 134 valence electrons. The highest BCUT2D eigenvalue weighted by molar-refractivity contribution is 5.95. The molecule has 27 heavy (non-hydrogen) atoms. The Bertz CT molecular complexity index is 1120. The molecule has 4 rings (SSSR count). The topological polar surface area (TPSA) is 85.5 Å². The zero-order valence-corrected chi connectivity index (χ0v) is 14.5. The van der Waals surface area contributed by atoms with Crippen molar-refractivity contribution < 1.29 is 19.1 Å². The highest BCUT2D eigenvalue weighted by Gasteiger charge is 2.18. The van der Waals surface area contributed by atoms with Crippen LogP contribution >= 0.6 is 0 Å². The van der Waals surface area contributed by atoms with Gasteiger partial charge in [-0.1, -0.05) is 30.3 Å². The largest absolute Gasteiger partial charge is 0.489 e. The van der Waals surface area contributed by atoms with Gasteiger partial charge in [0.15, 0.2) is 11.5 Å². The zero-order chi connectivity index (χ0) is 18.8. The number of carboxylic acid groups (broad SMARTS) is 1. The van der Waals surface area contributed by atoms with Gasteiger partial charge in [-0.15, -0.1) is 0 Å². The number of ether oxygens (including phenoxy) is 1. The molecule has 0 aliphatic heterocycles. The first-order valence-corrected chi connectivity index (χ1v) is 8.38. The van der Waals surface area contributed by atoms with Gasteiger partial charge in [0.05, 0.1) is 5.56 Å². The minimum atomic E-state index is -1.10. The van der Waals surface area contributed by atoms with Gasteiger partial charge in [-0.2, -0.15) is 0 Å². The quantitative estimate of drug-likeness (QED) is 0.565. The Morgan fingerprint density at radius 1 is 1.15 bits per heavy atom. The molecule has 2 aromatic carbocycles. The number of carboxylic acids is 1. The molecule has 0 spiro atoms. The van der Waals surface area contributed by atoms with E-state index in [-0.39, 0.29) is 5.69 Å². The van der Waals surface area contributed by atoms with Gasteiger partial charge in [-0.3, -0.25) is 0 Å². The number of benzene rings is 2. The van der Waals surface area contributed by atoms with Crippen molar-refractivity contribution in [1.82, 2.24) is 9.97 Å². The van der Waals surface area contributed by atoms with E-state index in [0.29, 0.717) is 35.1 Å². The van der Waals surface area contributed by atoms with Crippen LogP contribution in [0.2, 0.25) is 0 Å². The summed E-state index contributed by atoms with van der Waals surface area (Å²) in [6, 6.07) is 16.8. The monoisotopic (exact) mass is 360 g/mol. The first-order valence-electron chi connectivity index (χ1n) is 8.38. The van der Waals surface area contributed by atoms with Crippen LogP contribution in [0, 0.1) is 6.92 Å². The van der Waals surface area contributed by atoms with E-state index in [9.17, 15) is 9.90 Å². The van der Waals surface area contributed by atoms with Crippen LogP contribution in [0.25, 0.3) is 22.4 Å². The maximum atomic E-state index is 11.2. The van der Waals surface area contributed by atoms with E-state index in [1.54, 1.807) is 6.92 Å². The van der Waals surface area contributed by atoms with Gasteiger partial charge in [0.2, 0.25) is 0 Å². The molecular formula is C21H16N2O4. The molecule has 0 bridgehead atoms. The zero-order valence-electron chi connectivity index (χ0n) is 14.5. The van der Waals surface area contributed by atoms with E-state index in [4.69, 9.17) is 9.15 Å². The fourth-order valence-corrected chi connectivity index (χ4v) is 2.91. The smallest absolute Gasteiger partial charge is 0.354 e. The van der Waals surface area contributed by atoms with Crippen LogP contribution in [0.5, 0.6) is 5.75 Å². The van der Waals surface area contributed by atoms with Crippen molar-refractivity contribution in [2.24, 2.45) is 0 Å². The van der Waals surface area contributed by atoms with Gasteiger partial charge < -0.3 is 14.3 Å². The Morgan fingerprint density at radius 2 is 1.96 bits per heavy atom. The van der Waals surface area contributed by atoms with Crippen LogP contribution in [0.4, 0.5) is 0 Å². The van der Waals surface area contributed by atoms with Gasteiger partial charge in [0, 0.05) is 11.6 Å². The fraction of sp³-hybridized carbons (Fsp3) is 0.0952. The van der Waals surface area contributed by atoms with Gasteiger partial charge in [0.25, 0.3) is 0 Å². The third kappa shape index (κ3) is 3.37. The number of aryl methyl sites for hydroxylation is 1. The summed E-state index contributed by atoms with van der Waals surface area (Å²) in [5.74, 6) is 0.512. The van der Waals surface area contributed by atoms with E-state index in [1.165, 1.54) is 12.3 Å². The molecule has 6 heteroatoms. The van der Waals surface area contributed by atoms with E-state index >= 15 is 0 Å². The standard InChI is InChI=1S/C21H16N2O4/c1-13-19(20-22-10-9-17(23-20)21(24)25)16-11-15(7-8-18(16)27-13)26-12-14-5-3-2-4-6-14/h2-11H,12H2,1H3,(H,24,25). The number of nitrogens with zero attached hydrogens (tertiary/aromatic N) is 2. The summed E-state index contributed by atoms with van der Waals surface area (Å²) >= 11 is 0. The van der Waals surface area contributed by atoms with E-state index in [2.05, 4.69) is 9.97 Å². The molecule has 0 saturated heterocycles. The van der Waals surface area contributed by atoms with E-state index in [1.807, 2.05) is 48.5 Å².